The van der Waals surface area contributed by atoms with Gasteiger partial charge in [0.1, 0.15) is 0 Å². The number of likely N-dealkylation sites (N-methyl/N-ethyl adjacent to an activating group) is 1. The molecule has 0 spiro atoms. The first kappa shape index (κ1) is 19.0. The fourth-order valence-electron chi connectivity index (χ4n) is 4.18. The average Bonchev–Trinajstić information content (AvgIpc) is 3.54. The molecule has 2 amide bonds. The molecule has 0 aromatic heterocycles. The van der Waals surface area contributed by atoms with Crippen LogP contribution in [-0.2, 0) is 9.59 Å². The van der Waals surface area contributed by atoms with E-state index in [4.69, 9.17) is 11.6 Å². The van der Waals surface area contributed by atoms with Crippen molar-refractivity contribution in [2.24, 2.45) is 5.92 Å². The van der Waals surface area contributed by atoms with Gasteiger partial charge in [-0.15, -0.1) is 0 Å². The largest absolute Gasteiger partial charge is 0.312 e. The Bertz CT molecular complexity index is 892. The number of nitrogens with zero attached hydrogens (tertiary/aromatic N) is 2. The topological polar surface area (TPSA) is 40.6 Å². The predicted octanol–water partition coefficient (Wildman–Crippen LogP) is 5.01. The van der Waals surface area contributed by atoms with Crippen LogP contribution in [0.25, 0.3) is 0 Å². The van der Waals surface area contributed by atoms with E-state index in [1.54, 1.807) is 12.1 Å². The lowest BCUT2D eigenvalue weighted by molar-refractivity contribution is -0.122. The Morgan fingerprint density at radius 3 is 2.43 bits per heavy atom. The molecule has 2 aromatic carbocycles. The Morgan fingerprint density at radius 2 is 1.79 bits per heavy atom. The summed E-state index contributed by atoms with van der Waals surface area (Å²) in [4.78, 5) is 30.1. The highest BCUT2D eigenvalue weighted by Crippen LogP contribution is 2.43. The molecule has 1 saturated carbocycles. The molecule has 0 N–H and O–H groups in total. The van der Waals surface area contributed by atoms with E-state index in [1.165, 1.54) is 0 Å². The Kier molecular flexibility index (Phi) is 5.15. The van der Waals surface area contributed by atoms with Crippen LogP contribution in [0.2, 0.25) is 5.02 Å². The molecule has 0 saturated heterocycles. The quantitative estimate of drug-likeness (QED) is 0.728. The number of hydrogen-bond donors (Lipinski definition) is 0. The lowest BCUT2D eigenvalue weighted by atomic mass is 9.84. The molecule has 2 aromatic rings. The Balaban J connectivity index is 1.68. The summed E-state index contributed by atoms with van der Waals surface area (Å²) < 4.78 is 0. The van der Waals surface area contributed by atoms with Crippen LogP contribution in [0.1, 0.15) is 44.6 Å². The van der Waals surface area contributed by atoms with Gasteiger partial charge >= 0.3 is 0 Å². The minimum absolute atomic E-state index is 0.000809. The van der Waals surface area contributed by atoms with Gasteiger partial charge in [-0.25, -0.2) is 0 Å². The molecule has 4 rings (SSSR count). The van der Waals surface area contributed by atoms with Crippen molar-refractivity contribution in [1.29, 1.82) is 0 Å². The van der Waals surface area contributed by atoms with Crippen LogP contribution in [0.4, 0.5) is 11.4 Å². The number of benzene rings is 2. The summed E-state index contributed by atoms with van der Waals surface area (Å²) in [5, 5.41) is 0.651. The smallest absolute Gasteiger partial charge is 0.234 e. The minimum atomic E-state index is -0.259. The van der Waals surface area contributed by atoms with E-state index in [9.17, 15) is 9.59 Å². The van der Waals surface area contributed by atoms with Gasteiger partial charge in [-0.3, -0.25) is 9.59 Å². The Labute approximate surface area is 171 Å². The van der Waals surface area contributed by atoms with Crippen LogP contribution in [0.5, 0.6) is 0 Å². The monoisotopic (exact) mass is 396 g/mol. The molecule has 0 radical (unpaired) electrons. The molecule has 1 aliphatic heterocycles. The van der Waals surface area contributed by atoms with Gasteiger partial charge in [-0.05, 0) is 69.0 Å². The molecule has 1 fully saturated rings. The van der Waals surface area contributed by atoms with Crippen molar-refractivity contribution in [3.63, 3.8) is 0 Å². The number of halogens is 1. The zero-order valence-electron chi connectivity index (χ0n) is 16.3. The molecular weight excluding hydrogens is 372 g/mol. The van der Waals surface area contributed by atoms with E-state index in [-0.39, 0.29) is 29.7 Å². The molecule has 1 heterocycles. The van der Waals surface area contributed by atoms with E-state index in [1.807, 2.05) is 53.1 Å². The van der Waals surface area contributed by atoms with Crippen molar-refractivity contribution in [2.45, 2.75) is 45.1 Å². The van der Waals surface area contributed by atoms with E-state index in [2.05, 4.69) is 6.92 Å². The summed E-state index contributed by atoms with van der Waals surface area (Å²) in [6.45, 7) is 4.61. The molecule has 28 heavy (non-hydrogen) atoms. The lowest BCUT2D eigenvalue weighted by Crippen LogP contribution is -2.47. The molecule has 2 atom stereocenters. The molecule has 2 aliphatic rings. The molecule has 0 bridgehead atoms. The average molecular weight is 397 g/mol. The zero-order chi connectivity index (χ0) is 19.8. The first-order chi connectivity index (χ1) is 13.5. The summed E-state index contributed by atoms with van der Waals surface area (Å²) in [7, 11) is 0. The highest BCUT2D eigenvalue weighted by atomic mass is 35.5. The molecule has 4 nitrogen and oxygen atoms in total. The number of hydrogen-bond acceptors (Lipinski definition) is 2. The van der Waals surface area contributed by atoms with Gasteiger partial charge in [0.05, 0.1) is 5.92 Å². The van der Waals surface area contributed by atoms with Crippen molar-refractivity contribution in [2.75, 3.05) is 16.3 Å². The van der Waals surface area contributed by atoms with Crippen LogP contribution in [0.3, 0.4) is 0 Å². The Hall–Kier alpha value is -2.33. The van der Waals surface area contributed by atoms with Crippen LogP contribution in [-0.4, -0.2) is 24.4 Å². The number of rotatable bonds is 4. The fourth-order valence-corrected chi connectivity index (χ4v) is 4.31. The van der Waals surface area contributed by atoms with Gasteiger partial charge in [0, 0.05) is 34.9 Å². The first-order valence-corrected chi connectivity index (χ1v) is 10.4. The van der Waals surface area contributed by atoms with E-state index < -0.39 is 0 Å². The van der Waals surface area contributed by atoms with Crippen LogP contribution in [0.15, 0.2) is 48.5 Å². The molecule has 146 valence electrons. The normalized spacial score (nSPS) is 21.2. The molecule has 2 unspecified atom stereocenters. The van der Waals surface area contributed by atoms with E-state index >= 15 is 0 Å². The van der Waals surface area contributed by atoms with Crippen molar-refractivity contribution < 1.29 is 9.59 Å². The van der Waals surface area contributed by atoms with Gasteiger partial charge in [0.15, 0.2) is 0 Å². The van der Waals surface area contributed by atoms with E-state index in [0.717, 1.165) is 29.8 Å². The standard InChI is InChI=1S/C23H25ClN2O2/c1-3-25(18-12-10-17(24)11-13-18)23(28)20-14-15(2)26(22(27)16-8-9-16)21-7-5-4-6-19(20)21/h4-7,10-13,15-16,20H,3,8-9,14H2,1-2H3. The molecular formula is C23H25ClN2O2. The number of carbonyl (C=O) groups excluding carboxylic acids is 2. The van der Waals surface area contributed by atoms with Crippen molar-refractivity contribution in [1.82, 2.24) is 0 Å². The third-order valence-electron chi connectivity index (χ3n) is 5.77. The second kappa shape index (κ2) is 7.59. The number of fused-ring (bicyclic) bond motifs is 1. The van der Waals surface area contributed by atoms with Crippen molar-refractivity contribution in [3.8, 4) is 0 Å². The number of anilines is 2. The third-order valence-corrected chi connectivity index (χ3v) is 6.02. The highest BCUT2D eigenvalue weighted by Gasteiger charge is 2.42. The minimum Gasteiger partial charge on any atom is -0.312 e. The van der Waals surface area contributed by atoms with Gasteiger partial charge in [0.25, 0.3) is 0 Å². The van der Waals surface area contributed by atoms with Gasteiger partial charge < -0.3 is 9.80 Å². The summed E-state index contributed by atoms with van der Waals surface area (Å²) in [5.74, 6) is 0.174. The molecule has 5 heteroatoms. The summed E-state index contributed by atoms with van der Waals surface area (Å²) >= 11 is 6.01. The first-order valence-electron chi connectivity index (χ1n) is 10.00. The molecule has 1 aliphatic carbocycles. The van der Waals surface area contributed by atoms with Crippen LogP contribution in [0, 0.1) is 5.92 Å². The number of carbonyl (C=O) groups is 2. The Morgan fingerprint density at radius 1 is 1.11 bits per heavy atom. The maximum Gasteiger partial charge on any atom is 0.234 e. The summed E-state index contributed by atoms with van der Waals surface area (Å²) in [5.41, 5.74) is 2.69. The second-order valence-electron chi connectivity index (χ2n) is 7.74. The third kappa shape index (κ3) is 3.42. The van der Waals surface area contributed by atoms with Crippen LogP contribution >= 0.6 is 11.6 Å². The maximum atomic E-state index is 13.5. The summed E-state index contributed by atoms with van der Waals surface area (Å²) in [6.07, 6.45) is 2.60. The predicted molar refractivity (Wildman–Crippen MR) is 113 cm³/mol. The van der Waals surface area contributed by atoms with Gasteiger partial charge in [0.2, 0.25) is 11.8 Å². The second-order valence-corrected chi connectivity index (χ2v) is 8.17. The highest BCUT2D eigenvalue weighted by molar-refractivity contribution is 6.30. The zero-order valence-corrected chi connectivity index (χ0v) is 17.0. The number of para-hydroxylation sites is 1. The lowest BCUT2D eigenvalue weighted by Gasteiger charge is -2.40. The van der Waals surface area contributed by atoms with Gasteiger partial charge in [-0.1, -0.05) is 29.8 Å². The van der Waals surface area contributed by atoms with Crippen molar-refractivity contribution in [3.05, 3.63) is 59.1 Å². The maximum absolute atomic E-state index is 13.5. The van der Waals surface area contributed by atoms with Crippen molar-refractivity contribution >= 4 is 34.8 Å². The van der Waals surface area contributed by atoms with Gasteiger partial charge in [-0.2, -0.15) is 0 Å². The van der Waals surface area contributed by atoms with Crippen LogP contribution < -0.4 is 9.80 Å². The summed E-state index contributed by atoms with van der Waals surface area (Å²) in [6, 6.07) is 15.2. The van der Waals surface area contributed by atoms with E-state index in [0.29, 0.717) is 18.0 Å². The fraction of sp³-hybridized carbons (Fsp3) is 0.391. The SMILES string of the molecule is CCN(C(=O)C1CC(C)N(C(=O)C2CC2)c2ccccc21)c1ccc(Cl)cc1. The number of amides is 2.